The lowest BCUT2D eigenvalue weighted by atomic mass is 9.97. The fraction of sp³-hybridized carbons (Fsp3) is 0.529. The smallest absolute Gasteiger partial charge is 0.352 e. The van der Waals surface area contributed by atoms with Gasteiger partial charge in [-0.1, -0.05) is 30.3 Å². The van der Waals surface area contributed by atoms with Crippen LogP contribution in [-0.4, -0.2) is 39.1 Å². The van der Waals surface area contributed by atoms with E-state index in [-0.39, 0.29) is 6.61 Å². The Balaban J connectivity index is 2.87. The van der Waals surface area contributed by atoms with Crippen LogP contribution in [0.15, 0.2) is 30.3 Å². The number of benzene rings is 1. The van der Waals surface area contributed by atoms with E-state index in [1.54, 1.807) is 45.0 Å². The molecule has 6 heteroatoms. The highest BCUT2D eigenvalue weighted by Gasteiger charge is 2.32. The Labute approximate surface area is 136 Å². The fourth-order valence-corrected chi connectivity index (χ4v) is 1.62. The Bertz CT molecular complexity index is 502. The molecule has 1 aromatic carbocycles. The summed E-state index contributed by atoms with van der Waals surface area (Å²) >= 11 is 0. The standard InChI is InChI=1S/C17H24O6/c1-17(2,3)16(19)23-14(12-9-7-6-8-10-12)15(18)22-11-13(20-4)21-5/h6-10,13-14H,11H2,1-5H3. The number of rotatable bonds is 7. The van der Waals surface area contributed by atoms with E-state index in [4.69, 9.17) is 18.9 Å². The van der Waals surface area contributed by atoms with Crippen molar-refractivity contribution in [2.75, 3.05) is 20.8 Å². The number of hydrogen-bond donors (Lipinski definition) is 0. The van der Waals surface area contributed by atoms with E-state index in [1.807, 2.05) is 6.07 Å². The van der Waals surface area contributed by atoms with E-state index in [1.165, 1.54) is 14.2 Å². The summed E-state index contributed by atoms with van der Waals surface area (Å²) in [7, 11) is 2.88. The number of methoxy groups -OCH3 is 2. The van der Waals surface area contributed by atoms with Gasteiger partial charge in [0.1, 0.15) is 6.61 Å². The first kappa shape index (κ1) is 19.1. The van der Waals surface area contributed by atoms with Gasteiger partial charge < -0.3 is 18.9 Å². The molecule has 0 aliphatic rings. The van der Waals surface area contributed by atoms with Gasteiger partial charge in [0.2, 0.25) is 6.10 Å². The van der Waals surface area contributed by atoms with Gasteiger partial charge in [0.05, 0.1) is 5.41 Å². The highest BCUT2D eigenvalue weighted by atomic mass is 16.7. The van der Waals surface area contributed by atoms with E-state index in [2.05, 4.69) is 0 Å². The Kier molecular flexibility index (Phi) is 7.19. The predicted octanol–water partition coefficient (Wildman–Crippen LogP) is 2.48. The zero-order valence-electron chi connectivity index (χ0n) is 14.2. The molecule has 1 unspecified atom stereocenters. The summed E-state index contributed by atoms with van der Waals surface area (Å²) in [6, 6.07) is 8.72. The molecule has 0 amide bonds. The Hall–Kier alpha value is -1.92. The minimum absolute atomic E-state index is 0.0950. The molecule has 0 saturated carbocycles. The summed E-state index contributed by atoms with van der Waals surface area (Å²) < 4.78 is 20.4. The van der Waals surface area contributed by atoms with Gasteiger partial charge in [-0.3, -0.25) is 4.79 Å². The molecule has 0 aromatic heterocycles. The molecule has 0 saturated heterocycles. The lowest BCUT2D eigenvalue weighted by Gasteiger charge is -2.23. The van der Waals surface area contributed by atoms with Crippen LogP contribution in [0.2, 0.25) is 0 Å². The third-order valence-corrected chi connectivity index (χ3v) is 3.04. The minimum atomic E-state index is -1.13. The highest BCUT2D eigenvalue weighted by molar-refractivity contribution is 5.82. The quantitative estimate of drug-likeness (QED) is 0.567. The molecule has 128 valence electrons. The summed E-state index contributed by atoms with van der Waals surface area (Å²) in [4.78, 5) is 24.5. The van der Waals surface area contributed by atoms with Crippen LogP contribution >= 0.6 is 0 Å². The van der Waals surface area contributed by atoms with Gasteiger partial charge in [-0.2, -0.15) is 0 Å². The predicted molar refractivity (Wildman–Crippen MR) is 83.5 cm³/mol. The van der Waals surface area contributed by atoms with Crippen LogP contribution in [0.1, 0.15) is 32.4 Å². The molecule has 1 atom stereocenters. The van der Waals surface area contributed by atoms with Crippen LogP contribution in [-0.2, 0) is 28.5 Å². The summed E-state index contributed by atoms with van der Waals surface area (Å²) in [6.45, 7) is 5.06. The SMILES string of the molecule is COC(COC(=O)C(OC(=O)C(C)(C)C)c1ccccc1)OC. The van der Waals surface area contributed by atoms with Crippen molar-refractivity contribution < 1.29 is 28.5 Å². The molecule has 0 bridgehead atoms. The van der Waals surface area contributed by atoms with Crippen molar-refractivity contribution in [1.82, 2.24) is 0 Å². The molecule has 0 aliphatic carbocycles. The van der Waals surface area contributed by atoms with Gasteiger partial charge in [0.25, 0.3) is 0 Å². The number of esters is 2. The molecule has 1 aromatic rings. The zero-order chi connectivity index (χ0) is 17.5. The topological polar surface area (TPSA) is 71.1 Å². The summed E-state index contributed by atoms with van der Waals surface area (Å²) in [5, 5.41) is 0. The molecular weight excluding hydrogens is 300 g/mol. The van der Waals surface area contributed by atoms with E-state index in [9.17, 15) is 9.59 Å². The normalized spacial score (nSPS) is 12.8. The molecular formula is C17H24O6. The Morgan fingerprint density at radius 1 is 1.04 bits per heavy atom. The number of ether oxygens (including phenoxy) is 4. The highest BCUT2D eigenvalue weighted by Crippen LogP contribution is 2.24. The lowest BCUT2D eigenvalue weighted by molar-refractivity contribution is -0.184. The summed E-state index contributed by atoms with van der Waals surface area (Å²) in [5.74, 6) is -1.16. The first-order chi connectivity index (χ1) is 10.8. The van der Waals surface area contributed by atoms with E-state index >= 15 is 0 Å². The molecule has 23 heavy (non-hydrogen) atoms. The molecule has 0 radical (unpaired) electrons. The van der Waals surface area contributed by atoms with Gasteiger partial charge in [0.15, 0.2) is 6.29 Å². The molecule has 0 spiro atoms. The summed E-state index contributed by atoms with van der Waals surface area (Å²) in [6.07, 6.45) is -1.80. The largest absolute Gasteiger partial charge is 0.457 e. The van der Waals surface area contributed by atoms with Crippen molar-refractivity contribution >= 4 is 11.9 Å². The minimum Gasteiger partial charge on any atom is -0.457 e. The Morgan fingerprint density at radius 2 is 1.61 bits per heavy atom. The van der Waals surface area contributed by atoms with Crippen molar-refractivity contribution in [2.45, 2.75) is 33.2 Å². The van der Waals surface area contributed by atoms with Crippen LogP contribution in [0, 0.1) is 5.41 Å². The molecule has 0 aliphatic heterocycles. The van der Waals surface area contributed by atoms with Crippen molar-refractivity contribution in [1.29, 1.82) is 0 Å². The maximum atomic E-state index is 12.3. The zero-order valence-corrected chi connectivity index (χ0v) is 14.2. The third-order valence-electron chi connectivity index (χ3n) is 3.04. The van der Waals surface area contributed by atoms with Crippen LogP contribution < -0.4 is 0 Å². The van der Waals surface area contributed by atoms with E-state index in [0.717, 1.165) is 0 Å². The van der Waals surface area contributed by atoms with E-state index in [0.29, 0.717) is 5.56 Å². The van der Waals surface area contributed by atoms with Crippen molar-refractivity contribution in [3.05, 3.63) is 35.9 Å². The number of carbonyl (C=O) groups is 2. The second-order valence-electron chi connectivity index (χ2n) is 5.98. The second kappa shape index (κ2) is 8.64. The molecule has 0 heterocycles. The fourth-order valence-electron chi connectivity index (χ4n) is 1.62. The van der Waals surface area contributed by atoms with Crippen LogP contribution in [0.3, 0.4) is 0 Å². The van der Waals surface area contributed by atoms with Gasteiger partial charge in [-0.25, -0.2) is 4.79 Å². The molecule has 6 nitrogen and oxygen atoms in total. The number of hydrogen-bond acceptors (Lipinski definition) is 6. The monoisotopic (exact) mass is 324 g/mol. The molecule has 0 fully saturated rings. The molecule has 1 rings (SSSR count). The Morgan fingerprint density at radius 3 is 2.09 bits per heavy atom. The van der Waals surface area contributed by atoms with Crippen LogP contribution in [0.4, 0.5) is 0 Å². The third kappa shape index (κ3) is 6.00. The van der Waals surface area contributed by atoms with Gasteiger partial charge in [-0.15, -0.1) is 0 Å². The van der Waals surface area contributed by atoms with Crippen molar-refractivity contribution in [2.24, 2.45) is 5.41 Å². The number of carbonyl (C=O) groups excluding carboxylic acids is 2. The van der Waals surface area contributed by atoms with Crippen molar-refractivity contribution in [3.63, 3.8) is 0 Å². The maximum absolute atomic E-state index is 12.3. The van der Waals surface area contributed by atoms with Gasteiger partial charge in [-0.05, 0) is 20.8 Å². The maximum Gasteiger partial charge on any atom is 0.352 e. The summed E-state index contributed by atoms with van der Waals surface area (Å²) in [5.41, 5.74) is -0.184. The average molecular weight is 324 g/mol. The molecule has 0 N–H and O–H groups in total. The van der Waals surface area contributed by atoms with E-state index < -0.39 is 29.7 Å². The van der Waals surface area contributed by atoms with Crippen LogP contribution in [0.5, 0.6) is 0 Å². The first-order valence-corrected chi connectivity index (χ1v) is 7.28. The second-order valence-corrected chi connectivity index (χ2v) is 5.98. The van der Waals surface area contributed by atoms with Crippen molar-refractivity contribution in [3.8, 4) is 0 Å². The first-order valence-electron chi connectivity index (χ1n) is 7.28. The van der Waals surface area contributed by atoms with Crippen LogP contribution in [0.25, 0.3) is 0 Å². The van der Waals surface area contributed by atoms with Gasteiger partial charge in [0, 0.05) is 19.8 Å². The lowest BCUT2D eigenvalue weighted by Crippen LogP contribution is -2.31. The average Bonchev–Trinajstić information content (AvgIpc) is 2.53. The van der Waals surface area contributed by atoms with Gasteiger partial charge >= 0.3 is 11.9 Å².